The van der Waals surface area contributed by atoms with Gasteiger partial charge in [-0.15, -0.1) is 0 Å². The molecule has 0 bridgehead atoms. The lowest BCUT2D eigenvalue weighted by Gasteiger charge is -2.29. The lowest BCUT2D eigenvalue weighted by molar-refractivity contribution is -0.672. The Hall–Kier alpha value is -1.36. The third kappa shape index (κ3) is 4.34. The van der Waals surface area contributed by atoms with Crippen LogP contribution in [0.25, 0.3) is 0 Å². The van der Waals surface area contributed by atoms with Gasteiger partial charge in [-0.25, -0.2) is 0 Å². The van der Waals surface area contributed by atoms with Crippen LogP contribution in [0.1, 0.15) is 44.1 Å². The van der Waals surface area contributed by atoms with Crippen LogP contribution in [0.5, 0.6) is 0 Å². The zero-order valence-electron chi connectivity index (χ0n) is 12.1. The van der Waals surface area contributed by atoms with Crippen LogP contribution in [-0.4, -0.2) is 24.2 Å². The molecule has 1 aliphatic heterocycles. The molecule has 0 amide bonds. The van der Waals surface area contributed by atoms with Gasteiger partial charge in [-0.3, -0.25) is 0 Å². The Bertz CT molecular complexity index is 431. The van der Waals surface area contributed by atoms with E-state index >= 15 is 0 Å². The first-order valence-corrected chi connectivity index (χ1v) is 7.65. The quantitative estimate of drug-likeness (QED) is 0.756. The Kier molecular flexibility index (Phi) is 5.59. The van der Waals surface area contributed by atoms with Crippen LogP contribution in [0.15, 0.2) is 10.6 Å². The Labute approximate surface area is 119 Å². The van der Waals surface area contributed by atoms with Gasteiger partial charge in [0.05, 0.1) is 18.8 Å². The third-order valence-electron chi connectivity index (χ3n) is 4.16. The highest BCUT2D eigenvalue weighted by Crippen LogP contribution is 2.24. The maximum atomic E-state index is 10.8. The first-order valence-electron chi connectivity index (χ1n) is 7.65. The number of nitrogens with zero attached hydrogens (tertiary/aromatic N) is 1. The SMILES string of the molecule is CCCCc1cc(C[C@H]2C[NH2+]CC[C@H]2CC(=O)[O-])no1. The van der Waals surface area contributed by atoms with Crippen molar-refractivity contribution in [3.8, 4) is 0 Å². The lowest BCUT2D eigenvalue weighted by atomic mass is 9.81. The smallest absolute Gasteiger partial charge is 0.137 e. The van der Waals surface area contributed by atoms with Gasteiger partial charge in [0.1, 0.15) is 5.76 Å². The number of piperidine rings is 1. The predicted molar refractivity (Wildman–Crippen MR) is 71.7 cm³/mol. The molecule has 1 aliphatic rings. The van der Waals surface area contributed by atoms with Crippen LogP contribution in [-0.2, 0) is 17.6 Å². The third-order valence-corrected chi connectivity index (χ3v) is 4.16. The van der Waals surface area contributed by atoms with Crippen molar-refractivity contribution in [3.05, 3.63) is 17.5 Å². The molecule has 1 aromatic heterocycles. The highest BCUT2D eigenvalue weighted by atomic mass is 16.5. The van der Waals surface area contributed by atoms with Crippen LogP contribution < -0.4 is 10.4 Å². The topological polar surface area (TPSA) is 82.8 Å². The van der Waals surface area contributed by atoms with E-state index in [9.17, 15) is 9.90 Å². The normalized spacial score (nSPS) is 22.9. The van der Waals surface area contributed by atoms with Gasteiger partial charge < -0.3 is 19.7 Å². The van der Waals surface area contributed by atoms with Crippen LogP contribution >= 0.6 is 0 Å². The number of carbonyl (C=O) groups is 1. The van der Waals surface area contributed by atoms with Crippen molar-refractivity contribution in [1.82, 2.24) is 5.16 Å². The summed E-state index contributed by atoms with van der Waals surface area (Å²) in [5.74, 6) is 0.565. The standard InChI is InChI=1S/C15H24N2O3/c1-2-3-4-14-9-13(17-20-14)7-12-10-16-6-5-11(12)8-15(18)19/h9,11-12,16H,2-8,10H2,1H3,(H,18,19)/t11-,12-/m0/s1. The summed E-state index contributed by atoms with van der Waals surface area (Å²) in [6.07, 6.45) is 5.10. The number of carboxylic acids is 1. The molecule has 2 atom stereocenters. The molecule has 0 radical (unpaired) electrons. The molecular formula is C15H24N2O3. The van der Waals surface area contributed by atoms with Gasteiger partial charge in [0.25, 0.3) is 0 Å². The highest BCUT2D eigenvalue weighted by molar-refractivity contribution is 5.64. The van der Waals surface area contributed by atoms with Crippen molar-refractivity contribution < 1.29 is 19.7 Å². The molecule has 0 spiro atoms. The van der Waals surface area contributed by atoms with Crippen molar-refractivity contribution in [2.24, 2.45) is 11.8 Å². The lowest BCUT2D eigenvalue weighted by Crippen LogP contribution is -2.88. The van der Waals surface area contributed by atoms with Crippen LogP contribution in [0.2, 0.25) is 0 Å². The van der Waals surface area contributed by atoms with E-state index in [4.69, 9.17) is 4.52 Å². The number of nitrogens with two attached hydrogens (primary N) is 1. The van der Waals surface area contributed by atoms with Gasteiger partial charge in [0.15, 0.2) is 0 Å². The van der Waals surface area contributed by atoms with Crippen LogP contribution in [0.3, 0.4) is 0 Å². The van der Waals surface area contributed by atoms with Crippen molar-refractivity contribution >= 4 is 5.97 Å². The monoisotopic (exact) mass is 280 g/mol. The predicted octanol–water partition coefficient (Wildman–Crippen LogP) is -0.101. The average molecular weight is 280 g/mol. The number of carboxylic acid groups (broad SMARTS) is 1. The van der Waals surface area contributed by atoms with Gasteiger partial charge in [0, 0.05) is 37.2 Å². The Balaban J connectivity index is 1.92. The van der Waals surface area contributed by atoms with E-state index in [1.807, 2.05) is 6.07 Å². The fraction of sp³-hybridized carbons (Fsp3) is 0.733. The molecule has 0 aliphatic carbocycles. The fourth-order valence-electron chi connectivity index (χ4n) is 3.01. The molecule has 20 heavy (non-hydrogen) atoms. The molecule has 1 fully saturated rings. The Morgan fingerprint density at radius 1 is 1.55 bits per heavy atom. The zero-order valence-corrected chi connectivity index (χ0v) is 12.1. The number of quaternary nitrogens is 1. The second-order valence-corrected chi connectivity index (χ2v) is 5.79. The van der Waals surface area contributed by atoms with E-state index in [0.717, 1.165) is 56.6 Å². The molecule has 0 unspecified atom stereocenters. The van der Waals surface area contributed by atoms with Crippen molar-refractivity contribution in [2.45, 2.75) is 45.4 Å². The van der Waals surface area contributed by atoms with Crippen molar-refractivity contribution in [1.29, 1.82) is 0 Å². The second kappa shape index (κ2) is 7.43. The van der Waals surface area contributed by atoms with Gasteiger partial charge in [-0.1, -0.05) is 18.5 Å². The molecule has 2 rings (SSSR count). The second-order valence-electron chi connectivity index (χ2n) is 5.79. The molecule has 112 valence electrons. The molecule has 2 heterocycles. The molecule has 5 nitrogen and oxygen atoms in total. The van der Waals surface area contributed by atoms with Gasteiger partial charge in [-0.2, -0.15) is 0 Å². The number of carbonyl (C=O) groups excluding carboxylic acids is 1. The Morgan fingerprint density at radius 2 is 2.40 bits per heavy atom. The zero-order chi connectivity index (χ0) is 14.4. The highest BCUT2D eigenvalue weighted by Gasteiger charge is 2.28. The summed E-state index contributed by atoms with van der Waals surface area (Å²) in [6.45, 7) is 4.13. The fourth-order valence-corrected chi connectivity index (χ4v) is 3.01. The summed E-state index contributed by atoms with van der Waals surface area (Å²) in [5.41, 5.74) is 0.958. The molecule has 5 heteroatoms. The minimum absolute atomic E-state index is 0.166. The first-order chi connectivity index (χ1) is 9.69. The van der Waals surface area contributed by atoms with E-state index in [2.05, 4.69) is 17.4 Å². The molecule has 1 aromatic rings. The summed E-state index contributed by atoms with van der Waals surface area (Å²) >= 11 is 0. The van der Waals surface area contributed by atoms with E-state index in [0.29, 0.717) is 5.92 Å². The summed E-state index contributed by atoms with van der Waals surface area (Å²) in [5, 5.41) is 17.2. The Morgan fingerprint density at radius 3 is 3.15 bits per heavy atom. The molecule has 0 saturated carbocycles. The van der Waals surface area contributed by atoms with E-state index in [1.165, 1.54) is 0 Å². The number of rotatable bonds is 7. The average Bonchev–Trinajstić information content (AvgIpc) is 2.86. The molecule has 2 N–H and O–H groups in total. The largest absolute Gasteiger partial charge is 0.550 e. The first kappa shape index (κ1) is 15.0. The number of aryl methyl sites for hydroxylation is 1. The van der Waals surface area contributed by atoms with Crippen molar-refractivity contribution in [3.63, 3.8) is 0 Å². The van der Waals surface area contributed by atoms with E-state index in [-0.39, 0.29) is 12.3 Å². The molecule has 1 saturated heterocycles. The van der Waals surface area contributed by atoms with Gasteiger partial charge >= 0.3 is 0 Å². The van der Waals surface area contributed by atoms with Crippen LogP contribution in [0.4, 0.5) is 0 Å². The van der Waals surface area contributed by atoms with E-state index in [1.54, 1.807) is 0 Å². The summed E-state index contributed by atoms with van der Waals surface area (Å²) in [4.78, 5) is 10.8. The van der Waals surface area contributed by atoms with Crippen LogP contribution in [0, 0.1) is 11.8 Å². The summed E-state index contributed by atoms with van der Waals surface area (Å²) in [7, 11) is 0. The maximum absolute atomic E-state index is 10.8. The number of aromatic nitrogens is 1. The van der Waals surface area contributed by atoms with Gasteiger partial charge in [0.2, 0.25) is 0 Å². The van der Waals surface area contributed by atoms with Crippen molar-refractivity contribution in [2.75, 3.05) is 13.1 Å². The molecule has 0 aromatic carbocycles. The maximum Gasteiger partial charge on any atom is 0.137 e. The summed E-state index contributed by atoms with van der Waals surface area (Å²) < 4.78 is 5.34. The minimum atomic E-state index is -0.939. The number of aliphatic carboxylic acids is 1. The van der Waals surface area contributed by atoms with Gasteiger partial charge in [-0.05, 0) is 18.8 Å². The number of unbranched alkanes of at least 4 members (excludes halogenated alkanes) is 1. The minimum Gasteiger partial charge on any atom is -0.550 e. The molecular weight excluding hydrogens is 256 g/mol. The number of hydrogen-bond donors (Lipinski definition) is 1. The summed E-state index contributed by atoms with van der Waals surface area (Å²) in [6, 6.07) is 2.03. The number of hydrogen-bond acceptors (Lipinski definition) is 4. The van der Waals surface area contributed by atoms with E-state index < -0.39 is 5.97 Å².